The van der Waals surface area contributed by atoms with Crippen LogP contribution in [0.5, 0.6) is 5.75 Å². The van der Waals surface area contributed by atoms with Gasteiger partial charge in [0.05, 0.1) is 18.6 Å². The highest BCUT2D eigenvalue weighted by Gasteiger charge is 2.12. The van der Waals surface area contributed by atoms with Gasteiger partial charge in [0.15, 0.2) is 4.34 Å². The fraction of sp³-hybridized carbons (Fsp3) is 0.211. The molecule has 9 heteroatoms. The molecule has 6 nitrogen and oxygen atoms in total. The van der Waals surface area contributed by atoms with Crippen LogP contribution in [0.4, 0.5) is 16.5 Å². The number of thioether (sulfide) groups is 1. The van der Waals surface area contributed by atoms with Crippen molar-refractivity contribution in [3.8, 4) is 5.75 Å². The van der Waals surface area contributed by atoms with Crippen LogP contribution in [0.3, 0.4) is 0 Å². The zero-order valence-electron chi connectivity index (χ0n) is 15.6. The SMILES string of the molecule is COc1cc(Cl)c(C)cc1NC(=O)CSc1nnc(Nc2cccc(C)c2)s1. The third-order valence-electron chi connectivity index (χ3n) is 3.76. The summed E-state index contributed by atoms with van der Waals surface area (Å²) in [7, 11) is 1.54. The molecule has 0 fully saturated rings. The predicted octanol–water partition coefficient (Wildman–Crippen LogP) is 5.29. The maximum atomic E-state index is 12.3. The smallest absolute Gasteiger partial charge is 0.234 e. The fourth-order valence-corrected chi connectivity index (χ4v) is 4.13. The highest BCUT2D eigenvalue weighted by Crippen LogP contribution is 2.32. The van der Waals surface area contributed by atoms with Crippen molar-refractivity contribution in [1.82, 2.24) is 10.2 Å². The number of hydrogen-bond acceptors (Lipinski definition) is 7. The van der Waals surface area contributed by atoms with Crippen LogP contribution in [0.25, 0.3) is 0 Å². The predicted molar refractivity (Wildman–Crippen MR) is 116 cm³/mol. The maximum absolute atomic E-state index is 12.3. The number of halogens is 1. The number of carbonyl (C=O) groups is 1. The zero-order valence-corrected chi connectivity index (χ0v) is 18.0. The van der Waals surface area contributed by atoms with Crippen LogP contribution in [-0.2, 0) is 4.79 Å². The molecular formula is C19H19ClN4O2S2. The average molecular weight is 435 g/mol. The molecule has 0 spiro atoms. The van der Waals surface area contributed by atoms with Crippen LogP contribution in [0.1, 0.15) is 11.1 Å². The number of carbonyl (C=O) groups excluding carboxylic acids is 1. The number of rotatable bonds is 7. The molecule has 0 radical (unpaired) electrons. The van der Waals surface area contributed by atoms with E-state index in [2.05, 4.69) is 20.8 Å². The molecule has 0 aliphatic rings. The van der Waals surface area contributed by atoms with E-state index in [1.807, 2.05) is 38.1 Å². The summed E-state index contributed by atoms with van der Waals surface area (Å²) in [6.45, 7) is 3.90. The molecule has 2 aromatic carbocycles. The number of aromatic nitrogens is 2. The van der Waals surface area contributed by atoms with E-state index in [1.54, 1.807) is 12.1 Å². The summed E-state index contributed by atoms with van der Waals surface area (Å²) in [5, 5.41) is 15.6. The first-order chi connectivity index (χ1) is 13.4. The summed E-state index contributed by atoms with van der Waals surface area (Å²) >= 11 is 8.83. The van der Waals surface area contributed by atoms with E-state index in [4.69, 9.17) is 16.3 Å². The lowest BCUT2D eigenvalue weighted by molar-refractivity contribution is -0.113. The maximum Gasteiger partial charge on any atom is 0.234 e. The van der Waals surface area contributed by atoms with Crippen molar-refractivity contribution in [2.45, 2.75) is 18.2 Å². The van der Waals surface area contributed by atoms with Crippen LogP contribution in [-0.4, -0.2) is 29.0 Å². The third kappa shape index (κ3) is 5.37. The molecule has 0 saturated carbocycles. The minimum Gasteiger partial charge on any atom is -0.495 e. The Hall–Kier alpha value is -2.29. The zero-order chi connectivity index (χ0) is 20.1. The lowest BCUT2D eigenvalue weighted by Gasteiger charge is -2.11. The van der Waals surface area contributed by atoms with Crippen LogP contribution >= 0.6 is 34.7 Å². The number of methoxy groups -OCH3 is 1. The molecule has 0 aliphatic carbocycles. The number of anilines is 3. The fourth-order valence-electron chi connectivity index (χ4n) is 2.41. The molecule has 1 aromatic heterocycles. The Morgan fingerprint density at radius 3 is 2.82 bits per heavy atom. The minimum absolute atomic E-state index is 0.159. The molecular weight excluding hydrogens is 416 g/mol. The monoisotopic (exact) mass is 434 g/mol. The molecule has 0 aliphatic heterocycles. The molecule has 2 N–H and O–H groups in total. The third-order valence-corrected chi connectivity index (χ3v) is 6.14. The van der Waals surface area contributed by atoms with Gasteiger partial charge < -0.3 is 15.4 Å². The molecule has 1 heterocycles. The average Bonchev–Trinajstić information content (AvgIpc) is 3.10. The highest BCUT2D eigenvalue weighted by molar-refractivity contribution is 8.01. The van der Waals surface area contributed by atoms with Gasteiger partial charge in [-0.05, 0) is 43.2 Å². The van der Waals surface area contributed by atoms with Crippen molar-refractivity contribution < 1.29 is 9.53 Å². The molecule has 28 heavy (non-hydrogen) atoms. The van der Waals surface area contributed by atoms with Gasteiger partial charge >= 0.3 is 0 Å². The van der Waals surface area contributed by atoms with Gasteiger partial charge in [0.25, 0.3) is 0 Å². The van der Waals surface area contributed by atoms with Crippen LogP contribution in [0.2, 0.25) is 5.02 Å². The van der Waals surface area contributed by atoms with Gasteiger partial charge in [0, 0.05) is 16.8 Å². The molecule has 0 unspecified atom stereocenters. The van der Waals surface area contributed by atoms with Crippen molar-refractivity contribution in [3.63, 3.8) is 0 Å². The lowest BCUT2D eigenvalue weighted by atomic mass is 10.2. The van der Waals surface area contributed by atoms with Crippen molar-refractivity contribution >= 4 is 57.1 Å². The Kier molecular flexibility index (Phi) is 6.77. The van der Waals surface area contributed by atoms with Gasteiger partial charge in [-0.15, -0.1) is 10.2 Å². The first-order valence-corrected chi connectivity index (χ1v) is 10.6. The summed E-state index contributed by atoms with van der Waals surface area (Å²) in [5.41, 5.74) is 3.57. The Bertz CT molecular complexity index is 994. The number of nitrogens with zero attached hydrogens (tertiary/aromatic N) is 2. The number of hydrogen-bond donors (Lipinski definition) is 2. The van der Waals surface area contributed by atoms with Gasteiger partial charge in [-0.3, -0.25) is 4.79 Å². The van der Waals surface area contributed by atoms with E-state index < -0.39 is 0 Å². The van der Waals surface area contributed by atoms with E-state index in [1.165, 1.54) is 30.2 Å². The Morgan fingerprint density at radius 2 is 2.07 bits per heavy atom. The Labute approximate surface area is 176 Å². The van der Waals surface area contributed by atoms with Crippen molar-refractivity contribution in [2.24, 2.45) is 0 Å². The van der Waals surface area contributed by atoms with Gasteiger partial charge in [-0.25, -0.2) is 0 Å². The van der Waals surface area contributed by atoms with E-state index >= 15 is 0 Å². The van der Waals surface area contributed by atoms with Gasteiger partial charge in [-0.2, -0.15) is 0 Å². The van der Waals surface area contributed by atoms with E-state index in [0.29, 0.717) is 25.9 Å². The van der Waals surface area contributed by atoms with Gasteiger partial charge in [-0.1, -0.05) is 46.8 Å². The van der Waals surface area contributed by atoms with Crippen molar-refractivity contribution in [2.75, 3.05) is 23.5 Å². The van der Waals surface area contributed by atoms with Gasteiger partial charge in [0.1, 0.15) is 5.75 Å². The molecule has 1 amide bonds. The van der Waals surface area contributed by atoms with E-state index in [-0.39, 0.29) is 11.7 Å². The van der Waals surface area contributed by atoms with Crippen molar-refractivity contribution in [3.05, 3.63) is 52.5 Å². The topological polar surface area (TPSA) is 76.1 Å². The van der Waals surface area contributed by atoms with Gasteiger partial charge in [0.2, 0.25) is 11.0 Å². The van der Waals surface area contributed by atoms with Crippen LogP contribution < -0.4 is 15.4 Å². The van der Waals surface area contributed by atoms with E-state index in [0.717, 1.165) is 16.8 Å². The standard InChI is InChI=1S/C19H19ClN4O2S2/c1-11-5-4-6-13(7-11)21-18-23-24-19(28-18)27-10-17(25)22-15-8-12(2)14(20)9-16(15)26-3/h4-9H,10H2,1-3H3,(H,21,23)(H,22,25). The number of aryl methyl sites for hydroxylation is 2. The van der Waals surface area contributed by atoms with Crippen molar-refractivity contribution in [1.29, 1.82) is 0 Å². The quantitative estimate of drug-likeness (QED) is 0.492. The van der Waals surface area contributed by atoms with E-state index in [9.17, 15) is 4.79 Å². The number of amides is 1. The largest absolute Gasteiger partial charge is 0.495 e. The molecule has 0 saturated heterocycles. The molecule has 3 aromatic rings. The Morgan fingerprint density at radius 1 is 1.25 bits per heavy atom. The molecule has 3 rings (SSSR count). The minimum atomic E-state index is -0.159. The molecule has 0 atom stereocenters. The number of benzene rings is 2. The highest BCUT2D eigenvalue weighted by atomic mass is 35.5. The summed E-state index contributed by atoms with van der Waals surface area (Å²) in [4.78, 5) is 12.3. The second kappa shape index (κ2) is 9.27. The number of ether oxygens (including phenoxy) is 1. The first-order valence-electron chi connectivity index (χ1n) is 8.38. The number of nitrogens with one attached hydrogen (secondary N) is 2. The first kappa shape index (κ1) is 20.4. The summed E-state index contributed by atoms with van der Waals surface area (Å²) in [6.07, 6.45) is 0. The normalized spacial score (nSPS) is 10.6. The molecule has 0 bridgehead atoms. The second-order valence-corrected chi connectivity index (χ2v) is 8.61. The lowest BCUT2D eigenvalue weighted by Crippen LogP contribution is -2.14. The second-order valence-electron chi connectivity index (χ2n) is 6.01. The summed E-state index contributed by atoms with van der Waals surface area (Å²) < 4.78 is 5.99. The Balaban J connectivity index is 1.57. The summed E-state index contributed by atoms with van der Waals surface area (Å²) in [6, 6.07) is 11.5. The summed E-state index contributed by atoms with van der Waals surface area (Å²) in [5.74, 6) is 0.576. The van der Waals surface area contributed by atoms with Crippen LogP contribution in [0, 0.1) is 13.8 Å². The van der Waals surface area contributed by atoms with Crippen LogP contribution in [0.15, 0.2) is 40.7 Å². The molecule has 146 valence electrons.